The fraction of sp³-hybridized carbons (Fsp3) is 0.231. The molecule has 0 amide bonds. The minimum Gasteiger partial charge on any atom is -0.496 e. The Balaban J connectivity index is 2.65. The van der Waals surface area contributed by atoms with Gasteiger partial charge in [0.25, 0.3) is 0 Å². The number of ether oxygens (including phenoxy) is 3. The van der Waals surface area contributed by atoms with Crippen molar-refractivity contribution >= 4 is 5.97 Å². The number of methoxy groups -OCH3 is 3. The summed E-state index contributed by atoms with van der Waals surface area (Å²) in [5.74, 6) is 0.678. The maximum atomic E-state index is 11.7. The van der Waals surface area contributed by atoms with Gasteiger partial charge in [0, 0.05) is 5.56 Å². The van der Waals surface area contributed by atoms with Crippen molar-refractivity contribution in [3.8, 4) is 22.6 Å². The van der Waals surface area contributed by atoms with Crippen molar-refractivity contribution in [2.45, 2.75) is 0 Å². The Labute approximate surface area is 110 Å². The predicted molar refractivity (Wildman–Crippen MR) is 68.5 cm³/mol. The van der Waals surface area contributed by atoms with Gasteiger partial charge in [0.1, 0.15) is 11.5 Å². The van der Waals surface area contributed by atoms with Gasteiger partial charge in [-0.15, -0.1) is 0 Å². The highest BCUT2D eigenvalue weighted by atomic mass is 16.5. The molecule has 0 saturated carbocycles. The fourth-order valence-electron chi connectivity index (χ4n) is 1.85. The Bertz CT molecular complexity index is 570. The number of esters is 1. The molecule has 100 valence electrons. The third kappa shape index (κ3) is 2.24. The van der Waals surface area contributed by atoms with Crippen molar-refractivity contribution in [1.29, 1.82) is 0 Å². The molecule has 0 aliphatic carbocycles. The lowest BCUT2D eigenvalue weighted by Gasteiger charge is -2.12. The number of hydrogen-bond donors (Lipinski definition) is 1. The monoisotopic (exact) mass is 262 g/mol. The second-order valence-corrected chi connectivity index (χ2v) is 3.69. The number of hydrogen-bond acceptors (Lipinski definition) is 5. The number of rotatable bonds is 4. The first-order valence-corrected chi connectivity index (χ1v) is 5.56. The summed E-state index contributed by atoms with van der Waals surface area (Å²) in [5.41, 5.74) is 1.48. The molecule has 6 nitrogen and oxygen atoms in total. The van der Waals surface area contributed by atoms with E-state index in [1.165, 1.54) is 13.3 Å². The van der Waals surface area contributed by atoms with Gasteiger partial charge < -0.3 is 14.2 Å². The Morgan fingerprint density at radius 2 is 1.79 bits per heavy atom. The zero-order valence-corrected chi connectivity index (χ0v) is 10.9. The van der Waals surface area contributed by atoms with Crippen LogP contribution in [0.3, 0.4) is 0 Å². The molecule has 1 aromatic heterocycles. The number of nitrogens with zero attached hydrogens (tertiary/aromatic N) is 1. The van der Waals surface area contributed by atoms with Gasteiger partial charge in [0.05, 0.1) is 33.1 Å². The zero-order valence-electron chi connectivity index (χ0n) is 10.9. The van der Waals surface area contributed by atoms with Crippen LogP contribution < -0.4 is 9.47 Å². The van der Waals surface area contributed by atoms with Crippen molar-refractivity contribution < 1.29 is 19.0 Å². The average Bonchev–Trinajstić information content (AvgIpc) is 2.94. The van der Waals surface area contributed by atoms with Crippen molar-refractivity contribution in [2.75, 3.05) is 21.3 Å². The molecule has 1 N–H and O–H groups in total. The van der Waals surface area contributed by atoms with Gasteiger partial charge in [-0.05, 0) is 12.1 Å². The first kappa shape index (κ1) is 12.9. The SMILES string of the molecule is COC(=O)c1[nH]ncc1-c1c(OC)cccc1OC. The van der Waals surface area contributed by atoms with Crippen LogP contribution in [0, 0.1) is 0 Å². The molecule has 2 aromatic rings. The second-order valence-electron chi connectivity index (χ2n) is 3.69. The molecule has 6 heteroatoms. The van der Waals surface area contributed by atoms with E-state index in [4.69, 9.17) is 14.2 Å². The van der Waals surface area contributed by atoms with Crippen LogP contribution >= 0.6 is 0 Å². The van der Waals surface area contributed by atoms with Crippen LogP contribution in [0.25, 0.3) is 11.1 Å². The van der Waals surface area contributed by atoms with E-state index in [0.717, 1.165) is 0 Å². The summed E-state index contributed by atoms with van der Waals surface area (Å²) in [6, 6.07) is 5.37. The quantitative estimate of drug-likeness (QED) is 0.851. The normalized spacial score (nSPS) is 10.1. The number of H-pyrrole nitrogens is 1. The summed E-state index contributed by atoms with van der Waals surface area (Å²) in [4.78, 5) is 11.7. The van der Waals surface area contributed by atoms with E-state index in [1.54, 1.807) is 32.4 Å². The molecule has 0 aliphatic rings. The molecule has 0 atom stereocenters. The number of nitrogens with one attached hydrogen (secondary N) is 1. The van der Waals surface area contributed by atoms with Crippen LogP contribution in [0.1, 0.15) is 10.5 Å². The topological polar surface area (TPSA) is 73.4 Å². The molecular formula is C13H14N2O4. The Morgan fingerprint density at radius 1 is 1.16 bits per heavy atom. The maximum Gasteiger partial charge on any atom is 0.356 e. The highest BCUT2D eigenvalue weighted by Gasteiger charge is 2.21. The van der Waals surface area contributed by atoms with Crippen molar-refractivity contribution in [3.05, 3.63) is 30.1 Å². The summed E-state index contributed by atoms with van der Waals surface area (Å²) in [5, 5.41) is 6.50. The summed E-state index contributed by atoms with van der Waals surface area (Å²) >= 11 is 0. The lowest BCUT2D eigenvalue weighted by atomic mass is 10.0. The van der Waals surface area contributed by atoms with E-state index in [1.807, 2.05) is 0 Å². The van der Waals surface area contributed by atoms with Crippen molar-refractivity contribution in [2.24, 2.45) is 0 Å². The standard InChI is InChI=1S/C13H14N2O4/c1-17-9-5-4-6-10(18-2)11(9)8-7-14-15-12(8)13(16)19-3/h4-7H,1-3H3,(H,14,15). The lowest BCUT2D eigenvalue weighted by Crippen LogP contribution is -2.04. The van der Waals surface area contributed by atoms with E-state index in [0.29, 0.717) is 22.6 Å². The molecular weight excluding hydrogens is 248 g/mol. The highest BCUT2D eigenvalue weighted by Crippen LogP contribution is 2.39. The third-order valence-corrected chi connectivity index (χ3v) is 2.73. The fourth-order valence-corrected chi connectivity index (χ4v) is 1.85. The first-order chi connectivity index (χ1) is 9.22. The van der Waals surface area contributed by atoms with E-state index in [9.17, 15) is 4.79 Å². The summed E-state index contributed by atoms with van der Waals surface area (Å²) in [6.07, 6.45) is 1.53. The molecule has 1 aromatic carbocycles. The van der Waals surface area contributed by atoms with E-state index in [2.05, 4.69) is 10.2 Å². The first-order valence-electron chi connectivity index (χ1n) is 5.56. The van der Waals surface area contributed by atoms with E-state index < -0.39 is 5.97 Å². The van der Waals surface area contributed by atoms with Gasteiger partial charge in [-0.3, -0.25) is 5.10 Å². The van der Waals surface area contributed by atoms with Gasteiger partial charge >= 0.3 is 5.97 Å². The Hall–Kier alpha value is -2.50. The van der Waals surface area contributed by atoms with Gasteiger partial charge in [0.15, 0.2) is 5.69 Å². The van der Waals surface area contributed by atoms with Crippen LogP contribution in [0.4, 0.5) is 0 Å². The number of carbonyl (C=O) groups excluding carboxylic acids is 1. The summed E-state index contributed by atoms with van der Waals surface area (Å²) in [6.45, 7) is 0. The van der Waals surface area contributed by atoms with Gasteiger partial charge in [-0.25, -0.2) is 4.79 Å². The number of aromatic nitrogens is 2. The van der Waals surface area contributed by atoms with Gasteiger partial charge in [0.2, 0.25) is 0 Å². The van der Waals surface area contributed by atoms with Crippen LogP contribution in [-0.4, -0.2) is 37.5 Å². The molecule has 0 radical (unpaired) electrons. The molecule has 0 saturated heterocycles. The minimum absolute atomic E-state index is 0.255. The smallest absolute Gasteiger partial charge is 0.356 e. The van der Waals surface area contributed by atoms with Crippen LogP contribution in [0.5, 0.6) is 11.5 Å². The van der Waals surface area contributed by atoms with Gasteiger partial charge in [-0.2, -0.15) is 5.10 Å². The molecule has 19 heavy (non-hydrogen) atoms. The molecule has 2 rings (SSSR count). The molecule has 0 fully saturated rings. The van der Waals surface area contributed by atoms with E-state index in [-0.39, 0.29) is 5.69 Å². The van der Waals surface area contributed by atoms with Crippen LogP contribution in [-0.2, 0) is 4.74 Å². The Kier molecular flexibility index (Phi) is 3.70. The Morgan fingerprint density at radius 3 is 2.32 bits per heavy atom. The number of aromatic amines is 1. The summed E-state index contributed by atoms with van der Waals surface area (Å²) < 4.78 is 15.3. The molecule has 0 unspecified atom stereocenters. The lowest BCUT2D eigenvalue weighted by molar-refractivity contribution is 0.0595. The van der Waals surface area contributed by atoms with Crippen LogP contribution in [0.15, 0.2) is 24.4 Å². The largest absolute Gasteiger partial charge is 0.496 e. The minimum atomic E-state index is -0.500. The van der Waals surface area contributed by atoms with Crippen molar-refractivity contribution in [3.63, 3.8) is 0 Å². The van der Waals surface area contributed by atoms with E-state index >= 15 is 0 Å². The molecule has 1 heterocycles. The average molecular weight is 262 g/mol. The molecule has 0 spiro atoms. The molecule has 0 bridgehead atoms. The highest BCUT2D eigenvalue weighted by molar-refractivity contribution is 5.97. The summed E-state index contributed by atoms with van der Waals surface area (Å²) in [7, 11) is 4.42. The van der Waals surface area contributed by atoms with Gasteiger partial charge in [-0.1, -0.05) is 6.07 Å². The zero-order chi connectivity index (χ0) is 13.8. The van der Waals surface area contributed by atoms with Crippen LogP contribution in [0.2, 0.25) is 0 Å². The number of carbonyl (C=O) groups is 1. The maximum absolute atomic E-state index is 11.7. The third-order valence-electron chi connectivity index (χ3n) is 2.73. The van der Waals surface area contributed by atoms with Crippen molar-refractivity contribution in [1.82, 2.24) is 10.2 Å². The molecule has 0 aliphatic heterocycles. The number of benzene rings is 1. The second kappa shape index (κ2) is 5.43. The predicted octanol–water partition coefficient (Wildman–Crippen LogP) is 1.88.